The maximum absolute atomic E-state index is 12.0. The van der Waals surface area contributed by atoms with E-state index in [0.717, 1.165) is 12.1 Å². The van der Waals surface area contributed by atoms with Gasteiger partial charge >= 0.3 is 11.9 Å². The Morgan fingerprint density at radius 2 is 1.83 bits per heavy atom. The molecule has 1 aliphatic heterocycles. The number of primary sulfonamides is 1. The summed E-state index contributed by atoms with van der Waals surface area (Å²) in [5.41, 5.74) is -0.638. The van der Waals surface area contributed by atoms with Crippen molar-refractivity contribution in [3.05, 3.63) is 29.3 Å². The number of amides is 1. The number of hydrogen-bond donors (Lipinski definition) is 3. The Hall–Kier alpha value is -2.46. The molecule has 9 nitrogen and oxygen atoms in total. The lowest BCUT2D eigenvalue weighted by molar-refractivity contribution is -0.117. The molecular formula is C13H14N2O7S. The molecule has 0 spiro atoms. The fourth-order valence-electron chi connectivity index (χ4n) is 2.53. The highest BCUT2D eigenvalue weighted by Crippen LogP contribution is 2.27. The zero-order valence-electron chi connectivity index (χ0n) is 11.8. The molecule has 0 radical (unpaired) electrons. The quantitative estimate of drug-likeness (QED) is 0.664. The number of hydrogen-bond acceptors (Lipinski definition) is 5. The summed E-state index contributed by atoms with van der Waals surface area (Å²) in [7, 11) is -3.73. The smallest absolute Gasteiger partial charge is 0.336 e. The summed E-state index contributed by atoms with van der Waals surface area (Å²) < 4.78 is 22.2. The second kappa shape index (κ2) is 5.97. The van der Waals surface area contributed by atoms with E-state index in [-0.39, 0.29) is 30.3 Å². The number of sulfonamides is 1. The Morgan fingerprint density at radius 3 is 2.35 bits per heavy atom. The van der Waals surface area contributed by atoms with Crippen molar-refractivity contribution in [2.24, 2.45) is 11.1 Å². The van der Waals surface area contributed by atoms with E-state index in [2.05, 4.69) is 0 Å². The van der Waals surface area contributed by atoms with Crippen LogP contribution in [0.25, 0.3) is 0 Å². The number of aromatic carboxylic acids is 2. The van der Waals surface area contributed by atoms with Gasteiger partial charge in [0.15, 0.2) is 0 Å². The zero-order valence-corrected chi connectivity index (χ0v) is 12.6. The van der Waals surface area contributed by atoms with Crippen LogP contribution in [-0.4, -0.2) is 48.8 Å². The number of carbonyl (C=O) groups excluding carboxylic acids is 1. The first kappa shape index (κ1) is 16.9. The summed E-state index contributed by atoms with van der Waals surface area (Å²) in [5, 5.41) is 23.0. The van der Waals surface area contributed by atoms with E-state index in [1.54, 1.807) is 0 Å². The molecule has 0 saturated carbocycles. The number of nitrogens with zero attached hydrogens (tertiary/aromatic N) is 1. The third kappa shape index (κ3) is 3.85. The molecule has 2 rings (SSSR count). The van der Waals surface area contributed by atoms with Crippen molar-refractivity contribution in [3.63, 3.8) is 0 Å². The second-order valence-electron chi connectivity index (χ2n) is 5.24. The van der Waals surface area contributed by atoms with E-state index in [0.29, 0.717) is 0 Å². The van der Waals surface area contributed by atoms with Gasteiger partial charge in [0, 0.05) is 24.6 Å². The van der Waals surface area contributed by atoms with Gasteiger partial charge in [-0.1, -0.05) is 0 Å². The molecular weight excluding hydrogens is 328 g/mol. The molecule has 1 aromatic rings. The van der Waals surface area contributed by atoms with Gasteiger partial charge in [-0.25, -0.2) is 23.1 Å². The van der Waals surface area contributed by atoms with Gasteiger partial charge in [-0.3, -0.25) is 4.79 Å². The van der Waals surface area contributed by atoms with Gasteiger partial charge in [0.25, 0.3) is 0 Å². The minimum absolute atomic E-state index is 0.0283. The number of carbonyl (C=O) groups is 3. The molecule has 0 bridgehead atoms. The van der Waals surface area contributed by atoms with E-state index in [1.807, 2.05) is 0 Å². The lowest BCUT2D eigenvalue weighted by Crippen LogP contribution is -2.27. The predicted octanol–water partition coefficient (Wildman–Crippen LogP) is -0.276. The summed E-state index contributed by atoms with van der Waals surface area (Å²) in [4.78, 5) is 35.4. The van der Waals surface area contributed by atoms with Crippen LogP contribution in [0.1, 0.15) is 27.1 Å². The van der Waals surface area contributed by atoms with Gasteiger partial charge in [0.1, 0.15) is 0 Å². The van der Waals surface area contributed by atoms with E-state index in [1.165, 1.54) is 11.0 Å². The Bertz CT molecular complexity index is 788. The van der Waals surface area contributed by atoms with Crippen LogP contribution in [0, 0.1) is 5.92 Å². The molecule has 1 heterocycles. The second-order valence-corrected chi connectivity index (χ2v) is 6.90. The van der Waals surface area contributed by atoms with Crippen LogP contribution in [0.2, 0.25) is 0 Å². The van der Waals surface area contributed by atoms with Crippen molar-refractivity contribution >= 4 is 33.6 Å². The highest BCUT2D eigenvalue weighted by molar-refractivity contribution is 7.89. The zero-order chi connectivity index (χ0) is 17.4. The number of nitrogens with two attached hydrogens (primary N) is 1. The summed E-state index contributed by atoms with van der Waals surface area (Å²) in [6.07, 6.45) is -0.0283. The number of anilines is 1. The fraction of sp³-hybridized carbons (Fsp3) is 0.308. The minimum atomic E-state index is -3.73. The topological polar surface area (TPSA) is 155 Å². The van der Waals surface area contributed by atoms with Gasteiger partial charge in [0.05, 0.1) is 16.9 Å². The first-order valence-electron chi connectivity index (χ1n) is 6.50. The highest BCUT2D eigenvalue weighted by atomic mass is 32.2. The molecule has 1 saturated heterocycles. The number of rotatable bonds is 5. The van der Waals surface area contributed by atoms with Gasteiger partial charge in [0.2, 0.25) is 15.9 Å². The Morgan fingerprint density at radius 1 is 1.22 bits per heavy atom. The SMILES string of the molecule is NS(=O)(=O)CC1CC(=O)N(c2ccc(C(=O)O)c(C(=O)O)c2)C1. The molecule has 4 N–H and O–H groups in total. The Labute approximate surface area is 131 Å². The van der Waals surface area contributed by atoms with Gasteiger partial charge in [-0.05, 0) is 18.2 Å². The van der Waals surface area contributed by atoms with Crippen LogP contribution < -0.4 is 10.0 Å². The Balaban J connectivity index is 2.32. The van der Waals surface area contributed by atoms with Crippen molar-refractivity contribution in [2.45, 2.75) is 6.42 Å². The molecule has 1 atom stereocenters. The Kier molecular flexibility index (Phi) is 4.39. The largest absolute Gasteiger partial charge is 0.478 e. The number of benzene rings is 1. The molecule has 1 aromatic carbocycles. The van der Waals surface area contributed by atoms with Crippen LogP contribution in [0.4, 0.5) is 5.69 Å². The van der Waals surface area contributed by atoms with Gasteiger partial charge in [-0.15, -0.1) is 0 Å². The van der Waals surface area contributed by atoms with E-state index in [4.69, 9.17) is 15.4 Å². The van der Waals surface area contributed by atoms with Crippen molar-refractivity contribution < 1.29 is 33.0 Å². The normalized spacial score (nSPS) is 18.2. The fourth-order valence-corrected chi connectivity index (χ4v) is 3.42. The summed E-state index contributed by atoms with van der Waals surface area (Å²) in [6.45, 7) is 0.0702. The van der Waals surface area contributed by atoms with Crippen molar-refractivity contribution in [1.82, 2.24) is 0 Å². The average molecular weight is 342 g/mol. The molecule has 0 aliphatic carbocycles. The molecule has 1 amide bonds. The van der Waals surface area contributed by atoms with E-state index >= 15 is 0 Å². The third-order valence-electron chi connectivity index (χ3n) is 3.45. The molecule has 1 aliphatic rings. The molecule has 23 heavy (non-hydrogen) atoms. The van der Waals surface area contributed by atoms with Crippen molar-refractivity contribution in [3.8, 4) is 0 Å². The van der Waals surface area contributed by atoms with Crippen molar-refractivity contribution in [1.29, 1.82) is 0 Å². The van der Waals surface area contributed by atoms with Crippen LogP contribution in [0.3, 0.4) is 0 Å². The lowest BCUT2D eigenvalue weighted by Gasteiger charge is -2.17. The maximum atomic E-state index is 12.0. The standard InChI is InChI=1S/C13H14N2O7S/c14-23(21,22)6-7-3-11(16)15(5-7)8-1-2-9(12(17)18)10(4-8)13(19)20/h1-2,4,7H,3,5-6H2,(H,17,18)(H,19,20)(H2,14,21,22). The minimum Gasteiger partial charge on any atom is -0.478 e. The first-order chi connectivity index (χ1) is 10.6. The van der Waals surface area contributed by atoms with Crippen LogP contribution in [-0.2, 0) is 14.8 Å². The van der Waals surface area contributed by atoms with E-state index < -0.39 is 39.0 Å². The van der Waals surface area contributed by atoms with Gasteiger partial charge < -0.3 is 15.1 Å². The van der Waals surface area contributed by atoms with E-state index in [9.17, 15) is 22.8 Å². The maximum Gasteiger partial charge on any atom is 0.336 e. The molecule has 0 aromatic heterocycles. The first-order valence-corrected chi connectivity index (χ1v) is 8.21. The van der Waals surface area contributed by atoms with Gasteiger partial charge in [-0.2, -0.15) is 0 Å². The molecule has 124 valence electrons. The third-order valence-corrected chi connectivity index (χ3v) is 4.38. The monoisotopic (exact) mass is 342 g/mol. The van der Waals surface area contributed by atoms with Crippen molar-refractivity contribution in [2.75, 3.05) is 17.2 Å². The molecule has 10 heteroatoms. The average Bonchev–Trinajstić information content (AvgIpc) is 2.76. The predicted molar refractivity (Wildman–Crippen MR) is 78.8 cm³/mol. The highest BCUT2D eigenvalue weighted by Gasteiger charge is 2.33. The van der Waals surface area contributed by atoms with Crippen LogP contribution in [0.5, 0.6) is 0 Å². The molecule has 1 unspecified atom stereocenters. The van der Waals surface area contributed by atoms with Crippen LogP contribution >= 0.6 is 0 Å². The summed E-state index contributed by atoms with van der Waals surface area (Å²) >= 11 is 0. The lowest BCUT2D eigenvalue weighted by atomic mass is 10.1. The summed E-state index contributed by atoms with van der Waals surface area (Å²) in [5.74, 6) is -4.05. The number of carboxylic acids is 2. The molecule has 1 fully saturated rings. The number of carboxylic acid groups (broad SMARTS) is 2. The summed E-state index contributed by atoms with van der Waals surface area (Å²) in [6, 6.07) is 3.50. The van der Waals surface area contributed by atoms with Crippen LogP contribution in [0.15, 0.2) is 18.2 Å².